The Hall–Kier alpha value is -2.99. The van der Waals surface area contributed by atoms with E-state index in [1.54, 1.807) is 12.1 Å². The van der Waals surface area contributed by atoms with E-state index in [1.165, 1.54) is 17.4 Å². The number of fused-ring (bicyclic) bond motifs is 1. The zero-order valence-corrected chi connectivity index (χ0v) is 17.0. The van der Waals surface area contributed by atoms with Crippen molar-refractivity contribution in [3.05, 3.63) is 87.9 Å². The van der Waals surface area contributed by atoms with Gasteiger partial charge in [0, 0.05) is 47.4 Å². The second kappa shape index (κ2) is 8.57. The summed E-state index contributed by atoms with van der Waals surface area (Å²) in [6.07, 6.45) is 0.745. The van der Waals surface area contributed by atoms with Crippen LogP contribution in [0.3, 0.4) is 0 Å². The van der Waals surface area contributed by atoms with E-state index < -0.39 is 0 Å². The third kappa shape index (κ3) is 4.07. The highest BCUT2D eigenvalue weighted by Gasteiger charge is 2.25. The van der Waals surface area contributed by atoms with Crippen LogP contribution >= 0.6 is 11.3 Å². The fourth-order valence-electron chi connectivity index (χ4n) is 3.60. The maximum absolute atomic E-state index is 14.5. The molecule has 2 heterocycles. The van der Waals surface area contributed by atoms with Crippen LogP contribution in [0.15, 0.2) is 70.3 Å². The zero-order chi connectivity index (χ0) is 20.2. The van der Waals surface area contributed by atoms with Crippen molar-refractivity contribution in [1.82, 2.24) is 5.32 Å². The normalized spacial score (nSPS) is 16.0. The summed E-state index contributed by atoms with van der Waals surface area (Å²) in [5.74, 6) is -0.330. The van der Waals surface area contributed by atoms with E-state index in [0.29, 0.717) is 29.9 Å². The summed E-state index contributed by atoms with van der Waals surface area (Å²) >= 11 is 1.51. The molecule has 1 amide bonds. The summed E-state index contributed by atoms with van der Waals surface area (Å²) in [6.45, 7) is 1.08. The Morgan fingerprint density at radius 3 is 2.69 bits per heavy atom. The maximum Gasteiger partial charge on any atom is 0.252 e. The highest BCUT2D eigenvalue weighted by atomic mass is 32.1. The minimum Gasteiger partial charge on any atom is -0.369 e. The molecule has 1 atom stereocenters. The standard InChI is InChI=1S/C23H22FN3OS/c1-27-17(10-12-25-23(28)16-11-13-29-15-16)14-26-22(18-6-2-4-8-20(18)24)19-7-3-5-9-21(19)27/h2-9,11,13,15,17H,10,12,14H2,1H3,(H,25,28)/t17-/m1/s1. The Morgan fingerprint density at radius 2 is 1.93 bits per heavy atom. The van der Waals surface area contributed by atoms with E-state index in [4.69, 9.17) is 4.99 Å². The Morgan fingerprint density at radius 1 is 1.17 bits per heavy atom. The smallest absolute Gasteiger partial charge is 0.252 e. The number of para-hydroxylation sites is 1. The van der Waals surface area contributed by atoms with E-state index in [-0.39, 0.29) is 17.8 Å². The quantitative estimate of drug-likeness (QED) is 0.683. The second-order valence-corrected chi connectivity index (χ2v) is 7.79. The zero-order valence-electron chi connectivity index (χ0n) is 16.1. The van der Waals surface area contributed by atoms with Gasteiger partial charge in [-0.25, -0.2) is 4.39 Å². The third-order valence-electron chi connectivity index (χ3n) is 5.22. The average Bonchev–Trinajstić information content (AvgIpc) is 3.24. The molecule has 0 bridgehead atoms. The number of hydrogen-bond donors (Lipinski definition) is 1. The van der Waals surface area contributed by atoms with E-state index >= 15 is 0 Å². The molecular weight excluding hydrogens is 385 g/mol. The van der Waals surface area contributed by atoms with Gasteiger partial charge in [-0.1, -0.05) is 30.3 Å². The third-order valence-corrected chi connectivity index (χ3v) is 5.91. The lowest BCUT2D eigenvalue weighted by Gasteiger charge is -2.28. The van der Waals surface area contributed by atoms with Gasteiger partial charge in [0.25, 0.3) is 5.91 Å². The number of carbonyl (C=O) groups excluding carboxylic acids is 1. The number of anilines is 1. The number of nitrogens with zero attached hydrogens (tertiary/aromatic N) is 2. The molecule has 1 aliphatic rings. The van der Waals surface area contributed by atoms with Crippen molar-refractivity contribution in [1.29, 1.82) is 0 Å². The number of nitrogens with one attached hydrogen (secondary N) is 1. The first-order chi connectivity index (χ1) is 14.1. The largest absolute Gasteiger partial charge is 0.369 e. The number of carbonyl (C=O) groups is 1. The summed E-state index contributed by atoms with van der Waals surface area (Å²) in [4.78, 5) is 19.2. The number of aliphatic imine (C=N–C) groups is 1. The van der Waals surface area contributed by atoms with Gasteiger partial charge in [-0.05, 0) is 36.1 Å². The van der Waals surface area contributed by atoms with Gasteiger partial charge in [-0.15, -0.1) is 0 Å². The van der Waals surface area contributed by atoms with Crippen LogP contribution in [0, 0.1) is 5.82 Å². The lowest BCUT2D eigenvalue weighted by atomic mass is 10.00. The predicted molar refractivity (Wildman–Crippen MR) is 117 cm³/mol. The van der Waals surface area contributed by atoms with Crippen molar-refractivity contribution in [2.75, 3.05) is 25.0 Å². The molecule has 148 valence electrons. The molecule has 1 aliphatic heterocycles. The topological polar surface area (TPSA) is 44.7 Å². The summed E-state index contributed by atoms with van der Waals surface area (Å²) < 4.78 is 14.5. The highest BCUT2D eigenvalue weighted by Crippen LogP contribution is 2.29. The van der Waals surface area contributed by atoms with Crippen LogP contribution in [0.4, 0.5) is 10.1 Å². The van der Waals surface area contributed by atoms with Gasteiger partial charge in [0.2, 0.25) is 0 Å². The van der Waals surface area contributed by atoms with E-state index in [1.807, 2.05) is 54.2 Å². The number of thiophene rings is 1. The number of benzodiazepines with no additional fused rings is 1. The monoisotopic (exact) mass is 407 g/mol. The first-order valence-corrected chi connectivity index (χ1v) is 10.5. The van der Waals surface area contributed by atoms with Gasteiger partial charge in [-0.3, -0.25) is 9.79 Å². The molecule has 0 saturated carbocycles. The first kappa shape index (κ1) is 19.3. The Balaban J connectivity index is 1.56. The molecule has 0 radical (unpaired) electrons. The van der Waals surface area contributed by atoms with Crippen LogP contribution in [-0.2, 0) is 0 Å². The van der Waals surface area contributed by atoms with E-state index in [9.17, 15) is 9.18 Å². The lowest BCUT2D eigenvalue weighted by Crippen LogP contribution is -2.37. The maximum atomic E-state index is 14.5. The van der Waals surface area contributed by atoms with Crippen LogP contribution in [0.25, 0.3) is 0 Å². The van der Waals surface area contributed by atoms with Crippen molar-refractivity contribution in [2.45, 2.75) is 12.5 Å². The van der Waals surface area contributed by atoms with Crippen molar-refractivity contribution in [2.24, 2.45) is 4.99 Å². The molecule has 3 aromatic rings. The molecule has 2 aromatic carbocycles. The SMILES string of the molecule is CN1c2ccccc2C(c2ccccc2F)=NC[C@H]1CCNC(=O)c1ccsc1. The molecule has 1 aromatic heterocycles. The summed E-state index contributed by atoms with van der Waals surface area (Å²) in [6, 6.07) is 16.6. The average molecular weight is 408 g/mol. The number of rotatable bonds is 5. The van der Waals surface area contributed by atoms with Gasteiger partial charge in [0.15, 0.2) is 0 Å². The van der Waals surface area contributed by atoms with Gasteiger partial charge in [0.1, 0.15) is 5.82 Å². The van der Waals surface area contributed by atoms with E-state index in [0.717, 1.165) is 17.7 Å². The fourth-order valence-corrected chi connectivity index (χ4v) is 4.23. The van der Waals surface area contributed by atoms with Crippen LogP contribution in [0.1, 0.15) is 27.9 Å². The van der Waals surface area contributed by atoms with Crippen LogP contribution in [-0.4, -0.2) is 37.8 Å². The van der Waals surface area contributed by atoms with Crippen molar-refractivity contribution in [3.8, 4) is 0 Å². The molecule has 0 unspecified atom stereocenters. The van der Waals surface area contributed by atoms with Gasteiger partial charge in [-0.2, -0.15) is 11.3 Å². The molecule has 0 spiro atoms. The van der Waals surface area contributed by atoms with Crippen molar-refractivity contribution < 1.29 is 9.18 Å². The second-order valence-electron chi connectivity index (χ2n) is 7.01. The number of likely N-dealkylation sites (N-methyl/N-ethyl adjacent to an activating group) is 1. The highest BCUT2D eigenvalue weighted by molar-refractivity contribution is 7.08. The summed E-state index contributed by atoms with van der Waals surface area (Å²) in [5.41, 5.74) is 3.82. The lowest BCUT2D eigenvalue weighted by molar-refractivity contribution is 0.0953. The first-order valence-electron chi connectivity index (χ1n) is 9.57. The number of halogens is 1. The minimum absolute atomic E-state index is 0.0570. The predicted octanol–water partition coefficient (Wildman–Crippen LogP) is 4.36. The van der Waals surface area contributed by atoms with E-state index in [2.05, 4.69) is 10.2 Å². The minimum atomic E-state index is -0.273. The summed E-state index contributed by atoms with van der Waals surface area (Å²) in [7, 11) is 2.03. The summed E-state index contributed by atoms with van der Waals surface area (Å²) in [5, 5.41) is 6.72. The molecule has 1 N–H and O–H groups in total. The van der Waals surface area contributed by atoms with Crippen LogP contribution < -0.4 is 10.2 Å². The number of amides is 1. The Bertz CT molecular complexity index is 1030. The molecule has 0 fully saturated rings. The van der Waals surface area contributed by atoms with Crippen LogP contribution in [0.5, 0.6) is 0 Å². The van der Waals surface area contributed by atoms with Gasteiger partial charge < -0.3 is 10.2 Å². The molecule has 4 rings (SSSR count). The molecular formula is C23H22FN3OS. The molecule has 0 aliphatic carbocycles. The molecule has 4 nitrogen and oxygen atoms in total. The van der Waals surface area contributed by atoms with Gasteiger partial charge in [0.05, 0.1) is 12.3 Å². The van der Waals surface area contributed by atoms with Gasteiger partial charge >= 0.3 is 0 Å². The van der Waals surface area contributed by atoms with Crippen LogP contribution in [0.2, 0.25) is 0 Å². The number of benzene rings is 2. The Labute approximate surface area is 173 Å². The molecule has 0 saturated heterocycles. The number of hydrogen-bond acceptors (Lipinski definition) is 4. The molecule has 6 heteroatoms. The van der Waals surface area contributed by atoms with Crippen molar-refractivity contribution >= 4 is 28.6 Å². The Kier molecular flexibility index (Phi) is 5.71. The fraction of sp³-hybridized carbons (Fsp3) is 0.217. The van der Waals surface area contributed by atoms with Crippen molar-refractivity contribution in [3.63, 3.8) is 0 Å². The molecule has 29 heavy (non-hydrogen) atoms.